The molecule has 1 aliphatic heterocycles. The molecular formula is C24H22BN2O+. The van der Waals surface area contributed by atoms with Gasteiger partial charge in [0, 0.05) is 17.5 Å². The van der Waals surface area contributed by atoms with Crippen LogP contribution in [0, 0.1) is 0 Å². The van der Waals surface area contributed by atoms with Crippen LogP contribution in [0.15, 0.2) is 82.8 Å². The van der Waals surface area contributed by atoms with Gasteiger partial charge in [0.1, 0.15) is 18.4 Å². The molecule has 3 heterocycles. The first kappa shape index (κ1) is 16.9. The zero-order valence-corrected chi connectivity index (χ0v) is 16.4. The molecule has 0 atom stereocenters. The fourth-order valence-corrected chi connectivity index (χ4v) is 4.33. The zero-order valence-electron chi connectivity index (χ0n) is 16.4. The summed E-state index contributed by atoms with van der Waals surface area (Å²) in [4.78, 5) is 2.35. The molecule has 2 aromatic heterocycles. The summed E-state index contributed by atoms with van der Waals surface area (Å²) in [5, 5.41) is 1.16. The van der Waals surface area contributed by atoms with Gasteiger partial charge in [-0.15, -0.1) is 0 Å². The van der Waals surface area contributed by atoms with Gasteiger partial charge in [0.2, 0.25) is 0 Å². The third-order valence-corrected chi connectivity index (χ3v) is 5.70. The van der Waals surface area contributed by atoms with Crippen molar-refractivity contribution in [1.29, 1.82) is 0 Å². The maximum atomic E-state index is 6.11. The lowest BCUT2D eigenvalue weighted by molar-refractivity contribution is -0.654. The van der Waals surface area contributed by atoms with Crippen molar-refractivity contribution < 1.29 is 8.98 Å². The second-order valence-corrected chi connectivity index (χ2v) is 7.53. The number of benzene rings is 2. The Hall–Kier alpha value is -3.27. The topological polar surface area (TPSA) is 20.3 Å². The van der Waals surface area contributed by atoms with Crippen molar-refractivity contribution in [2.75, 3.05) is 11.9 Å². The summed E-state index contributed by atoms with van der Waals surface area (Å²) >= 11 is 0. The highest BCUT2D eigenvalue weighted by Crippen LogP contribution is 2.38. The maximum Gasteiger partial charge on any atom is 0.399 e. The van der Waals surface area contributed by atoms with E-state index in [1.54, 1.807) is 0 Å². The van der Waals surface area contributed by atoms with Crippen molar-refractivity contribution in [2.24, 2.45) is 7.05 Å². The molecule has 1 aliphatic rings. The number of nitrogens with zero attached hydrogens (tertiary/aromatic N) is 2. The van der Waals surface area contributed by atoms with Crippen LogP contribution in [0.3, 0.4) is 0 Å². The van der Waals surface area contributed by atoms with Crippen LogP contribution in [0.2, 0.25) is 0 Å². The van der Waals surface area contributed by atoms with Crippen molar-refractivity contribution in [2.45, 2.75) is 6.92 Å². The minimum atomic E-state index is 0.155. The van der Waals surface area contributed by atoms with Gasteiger partial charge < -0.3 is 9.23 Å². The summed E-state index contributed by atoms with van der Waals surface area (Å²) < 4.78 is 8.33. The summed E-state index contributed by atoms with van der Waals surface area (Å²) in [5.74, 6) is 0.944. The highest BCUT2D eigenvalue weighted by atomic mass is 16.3. The molecule has 0 spiro atoms. The Balaban J connectivity index is 1.66. The van der Waals surface area contributed by atoms with Crippen LogP contribution in [0.25, 0.3) is 28.2 Å². The number of pyridine rings is 1. The Kier molecular flexibility index (Phi) is 3.87. The Morgan fingerprint density at radius 2 is 1.68 bits per heavy atom. The Morgan fingerprint density at radius 1 is 0.929 bits per heavy atom. The molecule has 3 nitrogen and oxygen atoms in total. The third kappa shape index (κ3) is 2.56. The van der Waals surface area contributed by atoms with Gasteiger partial charge >= 0.3 is 6.85 Å². The first-order chi connectivity index (χ1) is 13.6. The molecule has 136 valence electrons. The van der Waals surface area contributed by atoms with Crippen LogP contribution in [0.4, 0.5) is 5.69 Å². The molecule has 0 saturated carbocycles. The Morgan fingerprint density at radius 3 is 2.50 bits per heavy atom. The number of rotatable bonds is 2. The number of aromatic nitrogens is 1. The molecule has 0 amide bonds. The molecule has 2 aromatic carbocycles. The van der Waals surface area contributed by atoms with Gasteiger partial charge in [-0.2, -0.15) is 0 Å². The number of para-hydroxylation sites is 1. The largest absolute Gasteiger partial charge is 0.455 e. The number of hydrogen-bond donors (Lipinski definition) is 0. The molecule has 0 radical (unpaired) electrons. The standard InChI is InChI=1S/C24H22BN2O/c1-17-15-22-24(20-11-7-8-12-21(20)28-22)27(3)25(17)23-16-19(13-14-26(23)2)18-9-5-4-6-10-18/h4-16H,1-3H3/q+1. The van der Waals surface area contributed by atoms with E-state index in [1.807, 2.05) is 12.1 Å². The second-order valence-electron chi connectivity index (χ2n) is 7.53. The monoisotopic (exact) mass is 365 g/mol. The van der Waals surface area contributed by atoms with E-state index < -0.39 is 0 Å². The van der Waals surface area contributed by atoms with E-state index in [9.17, 15) is 0 Å². The van der Waals surface area contributed by atoms with E-state index in [0.717, 1.165) is 22.4 Å². The van der Waals surface area contributed by atoms with Crippen LogP contribution in [-0.4, -0.2) is 13.9 Å². The lowest BCUT2D eigenvalue weighted by atomic mass is 9.49. The summed E-state index contributed by atoms with van der Waals surface area (Å²) in [5.41, 5.74) is 7.10. The van der Waals surface area contributed by atoms with E-state index >= 15 is 0 Å². The van der Waals surface area contributed by atoms with Crippen LogP contribution in [-0.2, 0) is 7.05 Å². The smallest absolute Gasteiger partial charge is 0.399 e. The number of furan rings is 1. The van der Waals surface area contributed by atoms with Crippen molar-refractivity contribution in [3.05, 3.63) is 84.2 Å². The van der Waals surface area contributed by atoms with Crippen LogP contribution in [0.1, 0.15) is 12.7 Å². The van der Waals surface area contributed by atoms with Gasteiger partial charge in [0.05, 0.1) is 5.69 Å². The van der Waals surface area contributed by atoms with Gasteiger partial charge in [0.25, 0.3) is 0 Å². The number of allylic oxidation sites excluding steroid dienone is 1. The molecule has 0 fully saturated rings. The van der Waals surface area contributed by atoms with Crippen molar-refractivity contribution in [3.8, 4) is 11.1 Å². The summed E-state index contributed by atoms with van der Waals surface area (Å²) in [6.07, 6.45) is 4.34. The van der Waals surface area contributed by atoms with E-state index in [0.29, 0.717) is 0 Å². The van der Waals surface area contributed by atoms with Gasteiger partial charge in [0.15, 0.2) is 11.8 Å². The molecule has 5 rings (SSSR count). The molecule has 4 heteroatoms. The van der Waals surface area contributed by atoms with E-state index in [2.05, 4.69) is 97.3 Å². The Labute approximate surface area is 165 Å². The number of hydrogen-bond acceptors (Lipinski definition) is 2. The minimum absolute atomic E-state index is 0.155. The number of anilines is 1. The van der Waals surface area contributed by atoms with Gasteiger partial charge in [-0.1, -0.05) is 47.9 Å². The predicted octanol–water partition coefficient (Wildman–Crippen LogP) is 4.22. The van der Waals surface area contributed by atoms with Crippen LogP contribution in [0.5, 0.6) is 0 Å². The maximum absolute atomic E-state index is 6.11. The molecule has 28 heavy (non-hydrogen) atoms. The molecule has 0 saturated heterocycles. The van der Waals surface area contributed by atoms with Crippen molar-refractivity contribution in [1.82, 2.24) is 0 Å². The number of aryl methyl sites for hydroxylation is 1. The Bertz CT molecular complexity index is 1210. The summed E-state index contributed by atoms with van der Waals surface area (Å²) in [6.45, 7) is 2.34. The van der Waals surface area contributed by atoms with Gasteiger partial charge in [-0.05, 0) is 43.3 Å². The van der Waals surface area contributed by atoms with E-state index in [4.69, 9.17) is 4.42 Å². The minimum Gasteiger partial charge on any atom is -0.455 e. The first-order valence-corrected chi connectivity index (χ1v) is 9.61. The predicted molar refractivity (Wildman–Crippen MR) is 117 cm³/mol. The highest BCUT2D eigenvalue weighted by Gasteiger charge is 2.38. The van der Waals surface area contributed by atoms with Gasteiger partial charge in [-0.3, -0.25) is 0 Å². The highest BCUT2D eigenvalue weighted by molar-refractivity contribution is 6.83. The quantitative estimate of drug-likeness (QED) is 0.392. The lowest BCUT2D eigenvalue weighted by Crippen LogP contribution is -2.62. The van der Waals surface area contributed by atoms with Crippen molar-refractivity contribution in [3.63, 3.8) is 0 Å². The number of fused-ring (bicyclic) bond motifs is 3. The molecule has 0 N–H and O–H groups in total. The fraction of sp³-hybridized carbons (Fsp3) is 0.125. The molecule has 0 bridgehead atoms. The SMILES string of the molecule is CC1=Cc2oc3ccccc3c2N(C)B1c1cc(-c2ccccc2)cc[n+]1C. The fourth-order valence-electron chi connectivity index (χ4n) is 4.33. The summed E-state index contributed by atoms with van der Waals surface area (Å²) in [6, 6.07) is 23.3. The average Bonchev–Trinajstić information content (AvgIpc) is 3.08. The first-order valence-electron chi connectivity index (χ1n) is 9.61. The van der Waals surface area contributed by atoms with E-state index in [-0.39, 0.29) is 6.85 Å². The second kappa shape index (κ2) is 6.41. The molecular weight excluding hydrogens is 343 g/mol. The molecule has 0 aliphatic carbocycles. The molecule has 0 unspecified atom stereocenters. The third-order valence-electron chi connectivity index (χ3n) is 5.70. The van der Waals surface area contributed by atoms with Crippen LogP contribution < -0.4 is 15.0 Å². The van der Waals surface area contributed by atoms with Crippen LogP contribution >= 0.6 is 0 Å². The van der Waals surface area contributed by atoms with E-state index in [1.165, 1.54) is 22.2 Å². The summed E-state index contributed by atoms with van der Waals surface area (Å²) in [7, 11) is 4.28. The molecule has 4 aromatic rings. The normalized spacial score (nSPS) is 13.6. The zero-order chi connectivity index (χ0) is 19.3. The lowest BCUT2D eigenvalue weighted by Gasteiger charge is -2.29. The average molecular weight is 365 g/mol. The van der Waals surface area contributed by atoms with Gasteiger partial charge in [-0.25, -0.2) is 4.57 Å². The van der Waals surface area contributed by atoms with Crippen molar-refractivity contribution >= 4 is 35.2 Å².